The Hall–Kier alpha value is -3.07. The maximum atomic E-state index is 13.6. The zero-order chi connectivity index (χ0) is 24.5. The molecule has 3 heterocycles. The molecule has 1 aromatic heterocycles. The Morgan fingerprint density at radius 1 is 1.11 bits per heavy atom. The maximum absolute atomic E-state index is 13.6. The van der Waals surface area contributed by atoms with Crippen LogP contribution in [0, 0.1) is 0 Å². The molecule has 1 atom stereocenters. The van der Waals surface area contributed by atoms with Crippen LogP contribution in [0.4, 0.5) is 0 Å². The Kier molecular flexibility index (Phi) is 6.69. The molecule has 9 heteroatoms. The van der Waals surface area contributed by atoms with Gasteiger partial charge in [-0.1, -0.05) is 17.7 Å². The quantitative estimate of drug-likeness (QED) is 0.529. The normalized spacial score (nSPS) is 18.3. The lowest BCUT2D eigenvalue weighted by Gasteiger charge is -2.29. The highest BCUT2D eigenvalue weighted by Gasteiger charge is 2.42. The molecule has 0 unspecified atom stereocenters. The van der Waals surface area contributed by atoms with E-state index in [1.807, 2.05) is 6.92 Å². The highest BCUT2D eigenvalue weighted by Crippen LogP contribution is 2.41. The number of fused-ring (bicyclic) bond motifs is 2. The van der Waals surface area contributed by atoms with Crippen molar-refractivity contribution in [3.05, 3.63) is 68.5 Å². The minimum atomic E-state index is -0.665. The number of benzene rings is 2. The number of rotatable bonds is 7. The summed E-state index contributed by atoms with van der Waals surface area (Å²) in [5.41, 5.74) is 0.979. The van der Waals surface area contributed by atoms with E-state index in [0.717, 1.165) is 26.1 Å². The molecule has 1 saturated heterocycles. The van der Waals surface area contributed by atoms with E-state index >= 15 is 0 Å². The second-order valence-electron chi connectivity index (χ2n) is 8.68. The van der Waals surface area contributed by atoms with Crippen molar-refractivity contribution in [2.45, 2.75) is 19.4 Å². The van der Waals surface area contributed by atoms with Gasteiger partial charge in [0.2, 0.25) is 5.76 Å². The molecule has 1 fully saturated rings. The lowest BCUT2D eigenvalue weighted by Crippen LogP contribution is -2.38. The number of ether oxygens (including phenoxy) is 2. The molecule has 35 heavy (non-hydrogen) atoms. The molecule has 3 aromatic rings. The van der Waals surface area contributed by atoms with E-state index in [-0.39, 0.29) is 28.4 Å². The summed E-state index contributed by atoms with van der Waals surface area (Å²) in [5.74, 6) is 0.0166. The van der Waals surface area contributed by atoms with Crippen molar-refractivity contribution >= 4 is 28.5 Å². The highest BCUT2D eigenvalue weighted by atomic mass is 35.5. The Morgan fingerprint density at radius 2 is 1.91 bits per heavy atom. The van der Waals surface area contributed by atoms with Crippen LogP contribution in [0.15, 0.2) is 45.6 Å². The summed E-state index contributed by atoms with van der Waals surface area (Å²) >= 11 is 6.15. The minimum Gasteiger partial charge on any atom is -0.504 e. The maximum Gasteiger partial charge on any atom is 0.290 e. The largest absolute Gasteiger partial charge is 0.504 e. The molecule has 2 aliphatic heterocycles. The van der Waals surface area contributed by atoms with Crippen LogP contribution < -0.4 is 10.2 Å². The fraction of sp³-hybridized carbons (Fsp3) is 0.385. The van der Waals surface area contributed by atoms with Gasteiger partial charge in [-0.3, -0.25) is 14.5 Å². The molecule has 0 aliphatic carbocycles. The summed E-state index contributed by atoms with van der Waals surface area (Å²) < 4.78 is 17.0. The second kappa shape index (κ2) is 9.89. The van der Waals surface area contributed by atoms with Gasteiger partial charge in [-0.2, -0.15) is 0 Å². The summed E-state index contributed by atoms with van der Waals surface area (Å²) in [6.45, 7) is 6.57. The van der Waals surface area contributed by atoms with E-state index in [2.05, 4.69) is 4.90 Å². The zero-order valence-electron chi connectivity index (χ0n) is 19.5. The third kappa shape index (κ3) is 4.49. The third-order valence-corrected chi connectivity index (χ3v) is 6.74. The van der Waals surface area contributed by atoms with Crippen LogP contribution in [-0.4, -0.2) is 66.8 Å². The molecule has 0 saturated carbocycles. The second-order valence-corrected chi connectivity index (χ2v) is 9.12. The number of hydrogen-bond acceptors (Lipinski definition) is 7. The van der Waals surface area contributed by atoms with Gasteiger partial charge in [0.25, 0.3) is 5.91 Å². The van der Waals surface area contributed by atoms with Crippen molar-refractivity contribution in [3.8, 4) is 11.5 Å². The summed E-state index contributed by atoms with van der Waals surface area (Å²) in [7, 11) is 0. The first-order valence-electron chi connectivity index (χ1n) is 11.8. The number of hydrogen-bond donors (Lipinski definition) is 1. The van der Waals surface area contributed by atoms with Gasteiger partial charge < -0.3 is 23.9 Å². The van der Waals surface area contributed by atoms with Crippen molar-refractivity contribution in [2.75, 3.05) is 46.0 Å². The first kappa shape index (κ1) is 23.7. The van der Waals surface area contributed by atoms with Crippen molar-refractivity contribution in [3.63, 3.8) is 0 Å². The SMILES string of the molecule is CCOc1cc([C@H]2c3c(oc4ccc(Cl)cc4c3=O)C(=O)N2CCCN2CCOCC2)ccc1O. The molecule has 2 aromatic carbocycles. The van der Waals surface area contributed by atoms with Crippen LogP contribution in [0.3, 0.4) is 0 Å². The first-order valence-corrected chi connectivity index (χ1v) is 12.2. The Labute approximate surface area is 207 Å². The highest BCUT2D eigenvalue weighted by molar-refractivity contribution is 6.31. The van der Waals surface area contributed by atoms with Crippen molar-refractivity contribution in [1.29, 1.82) is 0 Å². The van der Waals surface area contributed by atoms with Crippen molar-refractivity contribution < 1.29 is 23.8 Å². The van der Waals surface area contributed by atoms with Gasteiger partial charge in [0.05, 0.1) is 36.8 Å². The molecular weight excluding hydrogens is 472 g/mol. The van der Waals surface area contributed by atoms with E-state index in [1.165, 1.54) is 6.07 Å². The van der Waals surface area contributed by atoms with Gasteiger partial charge >= 0.3 is 0 Å². The van der Waals surface area contributed by atoms with E-state index in [4.69, 9.17) is 25.5 Å². The van der Waals surface area contributed by atoms with Gasteiger partial charge in [-0.25, -0.2) is 0 Å². The van der Waals surface area contributed by atoms with Crippen LogP contribution in [0.5, 0.6) is 11.5 Å². The zero-order valence-corrected chi connectivity index (χ0v) is 20.2. The lowest BCUT2D eigenvalue weighted by atomic mass is 9.98. The number of carbonyl (C=O) groups excluding carboxylic acids is 1. The number of phenols is 1. The van der Waals surface area contributed by atoms with Gasteiger partial charge in [0, 0.05) is 31.2 Å². The van der Waals surface area contributed by atoms with Gasteiger partial charge in [-0.05, 0) is 49.2 Å². The average molecular weight is 499 g/mol. The molecule has 0 bridgehead atoms. The molecule has 184 valence electrons. The smallest absolute Gasteiger partial charge is 0.290 e. The number of nitrogens with zero attached hydrogens (tertiary/aromatic N) is 2. The summed E-state index contributed by atoms with van der Waals surface area (Å²) in [5, 5.41) is 11.0. The van der Waals surface area contributed by atoms with Crippen LogP contribution >= 0.6 is 11.6 Å². The lowest BCUT2D eigenvalue weighted by molar-refractivity contribution is 0.0353. The third-order valence-electron chi connectivity index (χ3n) is 6.50. The number of amides is 1. The fourth-order valence-electron chi connectivity index (χ4n) is 4.83. The van der Waals surface area contributed by atoms with Gasteiger partial charge in [-0.15, -0.1) is 0 Å². The van der Waals surface area contributed by atoms with Crippen molar-refractivity contribution in [1.82, 2.24) is 9.80 Å². The molecule has 0 spiro atoms. The van der Waals surface area contributed by atoms with Gasteiger partial charge in [0.15, 0.2) is 16.9 Å². The fourth-order valence-corrected chi connectivity index (χ4v) is 5.00. The molecule has 1 N–H and O–H groups in total. The molecule has 8 nitrogen and oxygen atoms in total. The van der Waals surface area contributed by atoms with E-state index in [9.17, 15) is 14.7 Å². The molecule has 0 radical (unpaired) electrons. The number of carbonyl (C=O) groups is 1. The average Bonchev–Trinajstić information content (AvgIpc) is 3.14. The number of aromatic hydroxyl groups is 1. The van der Waals surface area contributed by atoms with Crippen molar-refractivity contribution in [2.24, 2.45) is 0 Å². The first-order chi connectivity index (χ1) is 17.0. The standard InChI is InChI=1S/C26H27ClN2O6/c1-2-34-21-14-16(4-6-19(21)30)23-22-24(31)18-15-17(27)5-7-20(18)35-25(22)26(32)29(23)9-3-8-28-10-12-33-13-11-28/h4-7,14-15,23,30H,2-3,8-13H2,1H3/t23-/m0/s1. The van der Waals surface area contributed by atoms with Crippen LogP contribution in [-0.2, 0) is 4.74 Å². The van der Waals surface area contributed by atoms with Crippen LogP contribution in [0.25, 0.3) is 11.0 Å². The summed E-state index contributed by atoms with van der Waals surface area (Å²) in [6.07, 6.45) is 0.728. The molecular formula is C26H27ClN2O6. The van der Waals surface area contributed by atoms with Gasteiger partial charge in [0.1, 0.15) is 5.58 Å². The number of phenolic OH excluding ortho intramolecular Hbond substituents is 1. The number of halogens is 1. The van der Waals surface area contributed by atoms with E-state index in [1.54, 1.807) is 35.2 Å². The minimum absolute atomic E-state index is 0.00339. The predicted octanol–water partition coefficient (Wildman–Crippen LogP) is 3.82. The predicted molar refractivity (Wildman–Crippen MR) is 132 cm³/mol. The van der Waals surface area contributed by atoms with Crippen LogP contribution in [0.1, 0.15) is 41.1 Å². The summed E-state index contributed by atoms with van der Waals surface area (Å²) in [6, 6.07) is 9.05. The number of morpholine rings is 1. The Bertz CT molecular complexity index is 1320. The molecule has 1 amide bonds. The molecule has 2 aliphatic rings. The topological polar surface area (TPSA) is 92.5 Å². The monoisotopic (exact) mass is 498 g/mol. The van der Waals surface area contributed by atoms with E-state index in [0.29, 0.717) is 53.7 Å². The summed E-state index contributed by atoms with van der Waals surface area (Å²) in [4.78, 5) is 31.2. The Balaban J connectivity index is 1.56. The molecule has 5 rings (SSSR count). The van der Waals surface area contributed by atoms with Crippen LogP contribution in [0.2, 0.25) is 5.02 Å². The Morgan fingerprint density at radius 3 is 2.69 bits per heavy atom. The van der Waals surface area contributed by atoms with E-state index < -0.39 is 6.04 Å².